The van der Waals surface area contributed by atoms with Gasteiger partial charge in [0.1, 0.15) is 6.10 Å². The highest BCUT2D eigenvalue weighted by Crippen LogP contribution is 2.67. The minimum Gasteiger partial charge on any atom is -0.458 e. The number of rotatable bonds is 8. The van der Waals surface area contributed by atoms with Crippen LogP contribution in [0.2, 0.25) is 0 Å². The molecule has 0 N–H and O–H groups in total. The zero-order chi connectivity index (χ0) is 28.8. The van der Waals surface area contributed by atoms with E-state index < -0.39 is 0 Å². The molecule has 0 spiro atoms. The van der Waals surface area contributed by atoms with Gasteiger partial charge >= 0.3 is 5.97 Å². The first kappa shape index (κ1) is 29.5. The Labute approximate surface area is 250 Å². The molecule has 3 heteroatoms. The van der Waals surface area contributed by atoms with Gasteiger partial charge in [-0.25, -0.2) is 4.79 Å². The van der Waals surface area contributed by atoms with Crippen molar-refractivity contribution >= 4 is 5.97 Å². The average molecular weight is 561 g/mol. The van der Waals surface area contributed by atoms with Crippen molar-refractivity contribution in [1.82, 2.24) is 0 Å². The molecule has 1 heterocycles. The first-order chi connectivity index (χ1) is 19.7. The lowest BCUT2D eigenvalue weighted by molar-refractivity contribution is -0.0594. The Morgan fingerprint density at radius 3 is 2.51 bits per heavy atom. The fraction of sp³-hybridized carbons (Fsp3) is 0.763. The second-order valence-electron chi connectivity index (χ2n) is 15.7. The summed E-state index contributed by atoms with van der Waals surface area (Å²) in [6.07, 6.45) is 19.2. The van der Waals surface area contributed by atoms with E-state index in [1.807, 2.05) is 24.3 Å². The van der Waals surface area contributed by atoms with Gasteiger partial charge in [-0.2, -0.15) is 0 Å². The fourth-order valence-corrected chi connectivity index (χ4v) is 10.6. The zero-order valence-electron chi connectivity index (χ0n) is 26.6. The molecule has 3 nitrogen and oxygen atoms in total. The van der Waals surface area contributed by atoms with Crippen molar-refractivity contribution in [3.8, 4) is 0 Å². The number of allylic oxidation sites excluding steroid dienone is 1. The molecule has 5 aliphatic rings. The van der Waals surface area contributed by atoms with Crippen LogP contribution in [0.5, 0.6) is 0 Å². The molecule has 0 amide bonds. The van der Waals surface area contributed by atoms with Crippen LogP contribution in [0.15, 0.2) is 35.9 Å². The summed E-state index contributed by atoms with van der Waals surface area (Å²) < 4.78 is 11.9. The molecule has 0 aromatic heterocycles. The maximum Gasteiger partial charge on any atom is 0.338 e. The number of hydrogen-bond donors (Lipinski definition) is 0. The Hall–Kier alpha value is -1.61. The summed E-state index contributed by atoms with van der Waals surface area (Å²) in [7, 11) is 0. The van der Waals surface area contributed by atoms with E-state index in [-0.39, 0.29) is 23.6 Å². The Morgan fingerprint density at radius 2 is 1.78 bits per heavy atom. The van der Waals surface area contributed by atoms with Gasteiger partial charge in [0.05, 0.1) is 11.7 Å². The standard InChI is InChI=1S/C38H56O3/c1-25(2)8-6-9-26(3)32-17-18-33-31-16-15-29-24-30(19-21-37(29,4)34(31)20-22-38(32,33)5)41-36(39)28-13-11-27(12-14-28)35-10-7-23-40-35/h11-15,25-26,30-35H,6-10,16-24H2,1-5H3/t26-,30+,31+,32-,33+,34+,35?,37+,38-/m1/s1. The van der Waals surface area contributed by atoms with Gasteiger partial charge in [-0.15, -0.1) is 0 Å². The number of benzene rings is 1. The molecule has 3 saturated carbocycles. The van der Waals surface area contributed by atoms with Crippen LogP contribution in [0.1, 0.15) is 140 Å². The molecule has 226 valence electrons. The number of esters is 1. The molecule has 4 fully saturated rings. The van der Waals surface area contributed by atoms with E-state index in [2.05, 4.69) is 40.7 Å². The van der Waals surface area contributed by atoms with Crippen molar-refractivity contribution in [3.05, 3.63) is 47.0 Å². The van der Waals surface area contributed by atoms with Gasteiger partial charge in [0.2, 0.25) is 0 Å². The van der Waals surface area contributed by atoms with Crippen molar-refractivity contribution < 1.29 is 14.3 Å². The Bertz CT molecular complexity index is 1100. The highest BCUT2D eigenvalue weighted by molar-refractivity contribution is 5.89. The fourth-order valence-electron chi connectivity index (χ4n) is 10.6. The van der Waals surface area contributed by atoms with Crippen molar-refractivity contribution in [2.24, 2.45) is 46.3 Å². The third kappa shape index (κ3) is 5.59. The molecule has 1 aliphatic heterocycles. The number of hydrogen-bond acceptors (Lipinski definition) is 3. The lowest BCUT2D eigenvalue weighted by Gasteiger charge is -2.58. The second kappa shape index (κ2) is 11.8. The highest BCUT2D eigenvalue weighted by Gasteiger charge is 2.59. The number of fused-ring (bicyclic) bond motifs is 5. The minimum absolute atomic E-state index is 0.00706. The number of ether oxygens (including phenoxy) is 2. The van der Waals surface area contributed by atoms with Gasteiger partial charge in [0.15, 0.2) is 0 Å². The molecule has 4 aliphatic carbocycles. The topological polar surface area (TPSA) is 35.5 Å². The molecule has 41 heavy (non-hydrogen) atoms. The van der Waals surface area contributed by atoms with Crippen LogP contribution in [-0.2, 0) is 9.47 Å². The molecule has 1 aromatic carbocycles. The maximum atomic E-state index is 13.1. The number of carbonyl (C=O) groups excluding carboxylic acids is 1. The summed E-state index contributed by atoms with van der Waals surface area (Å²) in [5, 5.41) is 0. The van der Waals surface area contributed by atoms with Crippen molar-refractivity contribution in [3.63, 3.8) is 0 Å². The Morgan fingerprint density at radius 1 is 0.976 bits per heavy atom. The smallest absolute Gasteiger partial charge is 0.338 e. The van der Waals surface area contributed by atoms with E-state index in [0.717, 1.165) is 74.2 Å². The lowest BCUT2D eigenvalue weighted by Crippen LogP contribution is -2.51. The first-order valence-electron chi connectivity index (χ1n) is 17.3. The summed E-state index contributed by atoms with van der Waals surface area (Å²) in [6, 6.07) is 7.95. The summed E-state index contributed by atoms with van der Waals surface area (Å²) in [6.45, 7) is 13.4. The SMILES string of the molecule is CC(C)CCC[C@@H](C)[C@H]1CC[C@H]2[C@@H]3CC=C4C[C@@H](OC(=O)c5ccc(C6CCCO6)cc5)CC[C@]4(C)[C@H]3CC[C@]12C. The molecule has 0 radical (unpaired) electrons. The van der Waals surface area contributed by atoms with Crippen LogP contribution in [0.3, 0.4) is 0 Å². The highest BCUT2D eigenvalue weighted by atomic mass is 16.5. The van der Waals surface area contributed by atoms with Crippen molar-refractivity contribution in [1.29, 1.82) is 0 Å². The maximum absolute atomic E-state index is 13.1. The summed E-state index contributed by atoms with van der Waals surface area (Å²) in [5.41, 5.74) is 4.26. The molecular weight excluding hydrogens is 504 g/mol. The van der Waals surface area contributed by atoms with E-state index in [0.29, 0.717) is 11.0 Å². The third-order valence-electron chi connectivity index (χ3n) is 13.0. The van der Waals surface area contributed by atoms with Gasteiger partial charge in [0, 0.05) is 13.0 Å². The zero-order valence-corrected chi connectivity index (χ0v) is 26.6. The third-order valence-corrected chi connectivity index (χ3v) is 13.0. The van der Waals surface area contributed by atoms with E-state index in [4.69, 9.17) is 9.47 Å². The van der Waals surface area contributed by atoms with Gasteiger partial charge in [-0.3, -0.25) is 0 Å². The van der Waals surface area contributed by atoms with Crippen LogP contribution in [-0.4, -0.2) is 18.7 Å². The summed E-state index contributed by atoms with van der Waals surface area (Å²) in [4.78, 5) is 13.1. The molecule has 1 unspecified atom stereocenters. The van der Waals surface area contributed by atoms with E-state index >= 15 is 0 Å². The van der Waals surface area contributed by atoms with Crippen molar-refractivity contribution in [2.45, 2.75) is 130 Å². The average Bonchev–Trinajstić information content (AvgIpc) is 3.61. The molecular formula is C38H56O3. The molecule has 1 aromatic rings. The van der Waals surface area contributed by atoms with Crippen LogP contribution < -0.4 is 0 Å². The second-order valence-corrected chi connectivity index (χ2v) is 15.7. The van der Waals surface area contributed by atoms with Crippen LogP contribution in [0.25, 0.3) is 0 Å². The predicted molar refractivity (Wildman–Crippen MR) is 167 cm³/mol. The Balaban J connectivity index is 1.08. The lowest BCUT2D eigenvalue weighted by atomic mass is 9.47. The van der Waals surface area contributed by atoms with E-state index in [1.54, 1.807) is 5.57 Å². The van der Waals surface area contributed by atoms with Gasteiger partial charge in [-0.1, -0.05) is 77.7 Å². The summed E-state index contributed by atoms with van der Waals surface area (Å²) in [5.74, 6) is 4.97. The first-order valence-corrected chi connectivity index (χ1v) is 17.3. The Kier molecular flexibility index (Phi) is 8.49. The van der Waals surface area contributed by atoms with Crippen LogP contribution in [0.4, 0.5) is 0 Å². The van der Waals surface area contributed by atoms with Crippen molar-refractivity contribution in [2.75, 3.05) is 6.61 Å². The van der Waals surface area contributed by atoms with E-state index in [1.165, 1.54) is 56.9 Å². The van der Waals surface area contributed by atoms with Gasteiger partial charge in [-0.05, 0) is 122 Å². The van der Waals surface area contributed by atoms with E-state index in [9.17, 15) is 4.79 Å². The monoisotopic (exact) mass is 560 g/mol. The normalized spacial score (nSPS) is 39.0. The molecule has 1 saturated heterocycles. The predicted octanol–water partition coefficient (Wildman–Crippen LogP) is 10.1. The molecule has 9 atom stereocenters. The molecule has 0 bridgehead atoms. The molecule has 6 rings (SSSR count). The largest absolute Gasteiger partial charge is 0.458 e. The van der Waals surface area contributed by atoms with Gasteiger partial charge < -0.3 is 9.47 Å². The minimum atomic E-state index is -0.167. The van der Waals surface area contributed by atoms with Crippen LogP contribution >= 0.6 is 0 Å². The quantitative estimate of drug-likeness (QED) is 0.234. The van der Waals surface area contributed by atoms with Crippen LogP contribution in [0, 0.1) is 46.3 Å². The van der Waals surface area contributed by atoms with Gasteiger partial charge in [0.25, 0.3) is 0 Å². The summed E-state index contributed by atoms with van der Waals surface area (Å²) >= 11 is 0. The number of carbonyl (C=O) groups is 1.